The molecule has 0 aliphatic rings. The number of benzene rings is 1. The molecule has 0 unspecified atom stereocenters. The number of nitrogens with zero attached hydrogens (tertiary/aromatic N) is 1. The van der Waals surface area contributed by atoms with Gasteiger partial charge in [-0.15, -0.1) is 0 Å². The van der Waals surface area contributed by atoms with Crippen molar-refractivity contribution in [1.29, 1.82) is 0 Å². The number of aromatic nitrogens is 1. The molecule has 0 saturated carbocycles. The van der Waals surface area contributed by atoms with Crippen molar-refractivity contribution in [3.05, 3.63) is 40.9 Å². The van der Waals surface area contributed by atoms with Gasteiger partial charge in [-0.25, -0.2) is 4.98 Å². The lowest BCUT2D eigenvalue weighted by Crippen LogP contribution is -1.97. The zero-order chi connectivity index (χ0) is 12.3. The van der Waals surface area contributed by atoms with Gasteiger partial charge in [-0.3, -0.25) is 0 Å². The smallest absolute Gasteiger partial charge is 0.132 e. The first-order chi connectivity index (χ1) is 8.17. The van der Waals surface area contributed by atoms with Gasteiger partial charge in [-0.1, -0.05) is 22.0 Å². The second kappa shape index (κ2) is 5.05. The van der Waals surface area contributed by atoms with Crippen LogP contribution in [0.2, 0.25) is 0 Å². The Labute approximate surface area is 108 Å². The number of halogens is 1. The van der Waals surface area contributed by atoms with Crippen molar-refractivity contribution in [2.75, 3.05) is 18.2 Å². The lowest BCUT2D eigenvalue weighted by molar-refractivity contribution is 0.415. The molecule has 88 valence electrons. The first-order valence-electron chi connectivity index (χ1n) is 5.01. The van der Waals surface area contributed by atoms with Crippen LogP contribution in [0.3, 0.4) is 0 Å². The van der Waals surface area contributed by atoms with Crippen LogP contribution in [0.1, 0.15) is 0 Å². The summed E-state index contributed by atoms with van der Waals surface area (Å²) in [6.07, 6.45) is 0. The zero-order valence-corrected chi connectivity index (χ0v) is 10.9. The minimum absolute atomic E-state index is 0.483. The van der Waals surface area contributed by atoms with Crippen LogP contribution in [-0.4, -0.2) is 12.1 Å². The van der Waals surface area contributed by atoms with Gasteiger partial charge >= 0.3 is 0 Å². The fourth-order valence-corrected chi connectivity index (χ4v) is 1.89. The van der Waals surface area contributed by atoms with Gasteiger partial charge in [0.25, 0.3) is 0 Å². The van der Waals surface area contributed by atoms with E-state index in [1.807, 2.05) is 30.3 Å². The van der Waals surface area contributed by atoms with Crippen molar-refractivity contribution in [3.8, 4) is 5.75 Å². The molecule has 0 spiro atoms. The molecule has 0 fully saturated rings. The van der Waals surface area contributed by atoms with Gasteiger partial charge in [0, 0.05) is 16.2 Å². The molecule has 2 aromatic rings. The predicted octanol–water partition coefficient (Wildman–Crippen LogP) is 3.18. The number of hydrogen-bond acceptors (Lipinski definition) is 4. The monoisotopic (exact) mass is 293 g/mol. The molecule has 17 heavy (non-hydrogen) atoms. The normalized spacial score (nSPS) is 10.0. The quantitative estimate of drug-likeness (QED) is 0.912. The molecule has 0 aliphatic carbocycles. The minimum atomic E-state index is 0.483. The third-order valence-corrected chi connectivity index (χ3v) is 2.61. The van der Waals surface area contributed by atoms with Gasteiger partial charge in [-0.05, 0) is 24.3 Å². The van der Waals surface area contributed by atoms with Crippen LogP contribution in [-0.2, 0) is 0 Å². The van der Waals surface area contributed by atoms with Gasteiger partial charge in [-0.2, -0.15) is 0 Å². The van der Waals surface area contributed by atoms with E-state index in [1.165, 1.54) is 0 Å². The Bertz CT molecular complexity index is 531. The number of pyridine rings is 1. The number of nitrogens with two attached hydrogens (primary N) is 1. The fourth-order valence-electron chi connectivity index (χ4n) is 1.42. The van der Waals surface area contributed by atoms with E-state index in [0.717, 1.165) is 15.9 Å². The molecule has 2 rings (SSSR count). The molecular weight excluding hydrogens is 282 g/mol. The molecule has 0 saturated heterocycles. The van der Waals surface area contributed by atoms with E-state index >= 15 is 0 Å². The first kappa shape index (κ1) is 11.7. The van der Waals surface area contributed by atoms with Gasteiger partial charge < -0.3 is 15.8 Å². The van der Waals surface area contributed by atoms with Gasteiger partial charge in [0.2, 0.25) is 0 Å². The van der Waals surface area contributed by atoms with Gasteiger partial charge in [0.15, 0.2) is 0 Å². The second-order valence-corrected chi connectivity index (χ2v) is 4.37. The molecule has 1 heterocycles. The number of anilines is 3. The summed E-state index contributed by atoms with van der Waals surface area (Å²) in [5.74, 6) is 1.95. The number of nitrogen functional groups attached to an aromatic ring is 1. The SMILES string of the molecule is COc1cc(Br)cc(Nc2cccc(N)n2)c1. The van der Waals surface area contributed by atoms with E-state index in [-0.39, 0.29) is 0 Å². The summed E-state index contributed by atoms with van der Waals surface area (Å²) in [6, 6.07) is 11.2. The number of ether oxygens (including phenoxy) is 1. The van der Waals surface area contributed by atoms with Crippen molar-refractivity contribution in [2.24, 2.45) is 0 Å². The Morgan fingerprint density at radius 2 is 2.12 bits per heavy atom. The molecule has 1 aromatic heterocycles. The summed E-state index contributed by atoms with van der Waals surface area (Å²) >= 11 is 3.42. The number of rotatable bonds is 3. The molecule has 1 aromatic carbocycles. The van der Waals surface area contributed by atoms with E-state index in [9.17, 15) is 0 Å². The lowest BCUT2D eigenvalue weighted by Gasteiger charge is -2.08. The maximum Gasteiger partial charge on any atom is 0.132 e. The summed E-state index contributed by atoms with van der Waals surface area (Å²) in [5, 5.41) is 3.16. The average molecular weight is 294 g/mol. The van der Waals surface area contributed by atoms with Crippen LogP contribution in [0, 0.1) is 0 Å². The standard InChI is InChI=1S/C12H12BrN3O/c1-17-10-6-8(13)5-9(7-10)15-12-4-2-3-11(14)16-12/h2-7H,1H3,(H3,14,15,16). The molecular formula is C12H12BrN3O. The summed E-state index contributed by atoms with van der Waals surface area (Å²) in [4.78, 5) is 4.16. The molecule has 0 bridgehead atoms. The number of hydrogen-bond donors (Lipinski definition) is 2. The third kappa shape index (κ3) is 3.10. The fraction of sp³-hybridized carbons (Fsp3) is 0.0833. The third-order valence-electron chi connectivity index (χ3n) is 2.15. The highest BCUT2D eigenvalue weighted by molar-refractivity contribution is 9.10. The minimum Gasteiger partial charge on any atom is -0.497 e. The van der Waals surface area contributed by atoms with Crippen molar-refractivity contribution in [2.45, 2.75) is 0 Å². The Morgan fingerprint density at radius 1 is 1.29 bits per heavy atom. The number of nitrogens with one attached hydrogen (secondary N) is 1. The number of methoxy groups -OCH3 is 1. The molecule has 0 aliphatic heterocycles. The van der Waals surface area contributed by atoms with Crippen molar-refractivity contribution >= 4 is 33.3 Å². The predicted molar refractivity (Wildman–Crippen MR) is 72.6 cm³/mol. The first-order valence-corrected chi connectivity index (χ1v) is 5.81. The van der Waals surface area contributed by atoms with Crippen molar-refractivity contribution < 1.29 is 4.74 Å². The molecule has 3 N–H and O–H groups in total. The van der Waals surface area contributed by atoms with E-state index < -0.39 is 0 Å². The zero-order valence-electron chi connectivity index (χ0n) is 9.27. The summed E-state index contributed by atoms with van der Waals surface area (Å²) in [5.41, 5.74) is 6.50. The van der Waals surface area contributed by atoms with Crippen LogP contribution < -0.4 is 15.8 Å². The van der Waals surface area contributed by atoms with Crippen molar-refractivity contribution in [1.82, 2.24) is 4.98 Å². The van der Waals surface area contributed by atoms with E-state index in [0.29, 0.717) is 11.6 Å². The highest BCUT2D eigenvalue weighted by Gasteiger charge is 2.01. The van der Waals surface area contributed by atoms with Crippen LogP contribution in [0.25, 0.3) is 0 Å². The van der Waals surface area contributed by atoms with Crippen LogP contribution in [0.4, 0.5) is 17.3 Å². The Balaban J connectivity index is 2.26. The van der Waals surface area contributed by atoms with E-state index in [4.69, 9.17) is 10.5 Å². The molecule has 0 atom stereocenters. The van der Waals surface area contributed by atoms with Crippen molar-refractivity contribution in [3.63, 3.8) is 0 Å². The Kier molecular flexibility index (Phi) is 3.49. The topological polar surface area (TPSA) is 60.2 Å². The summed E-state index contributed by atoms with van der Waals surface area (Å²) < 4.78 is 6.12. The molecule has 0 radical (unpaired) electrons. The summed E-state index contributed by atoms with van der Waals surface area (Å²) in [6.45, 7) is 0. The van der Waals surface area contributed by atoms with Crippen LogP contribution >= 0.6 is 15.9 Å². The highest BCUT2D eigenvalue weighted by Crippen LogP contribution is 2.26. The van der Waals surface area contributed by atoms with E-state index in [2.05, 4.69) is 26.2 Å². The Hall–Kier alpha value is -1.75. The molecule has 4 nitrogen and oxygen atoms in total. The maximum atomic E-state index is 5.61. The maximum absolute atomic E-state index is 5.61. The van der Waals surface area contributed by atoms with Crippen LogP contribution in [0.5, 0.6) is 5.75 Å². The van der Waals surface area contributed by atoms with Gasteiger partial charge in [0.05, 0.1) is 7.11 Å². The van der Waals surface area contributed by atoms with E-state index in [1.54, 1.807) is 13.2 Å². The Morgan fingerprint density at radius 3 is 2.82 bits per heavy atom. The molecule has 5 heteroatoms. The largest absolute Gasteiger partial charge is 0.497 e. The highest BCUT2D eigenvalue weighted by atomic mass is 79.9. The lowest BCUT2D eigenvalue weighted by atomic mass is 10.3. The summed E-state index contributed by atoms with van der Waals surface area (Å²) in [7, 11) is 1.63. The average Bonchev–Trinajstić information content (AvgIpc) is 2.28. The van der Waals surface area contributed by atoms with Crippen LogP contribution in [0.15, 0.2) is 40.9 Å². The van der Waals surface area contributed by atoms with Gasteiger partial charge in [0.1, 0.15) is 17.4 Å². The molecule has 0 amide bonds. The second-order valence-electron chi connectivity index (χ2n) is 3.45.